The fraction of sp³-hybridized carbons (Fsp3) is 0.0526. The largest absolute Gasteiger partial charge is 0.327 e. The van der Waals surface area contributed by atoms with Crippen molar-refractivity contribution in [1.29, 1.82) is 0 Å². The summed E-state index contributed by atoms with van der Waals surface area (Å²) < 4.78 is 4.66. The van der Waals surface area contributed by atoms with Gasteiger partial charge in [0, 0.05) is 46.4 Å². The van der Waals surface area contributed by atoms with Crippen LogP contribution in [0.25, 0.3) is 72.3 Å². The van der Waals surface area contributed by atoms with Gasteiger partial charge in [-0.3, -0.25) is 4.98 Å². The molecule has 198 valence electrons. The second kappa shape index (κ2) is 8.76. The molecule has 1 aliphatic carbocycles. The molecule has 0 spiro atoms. The van der Waals surface area contributed by atoms with Gasteiger partial charge in [-0.15, -0.1) is 0 Å². The molecule has 0 atom stereocenters. The minimum Gasteiger partial charge on any atom is -0.327 e. The molecule has 3 heterocycles. The Morgan fingerprint density at radius 2 is 1.50 bits per heavy atom. The molecule has 3 aromatic heterocycles. The van der Waals surface area contributed by atoms with E-state index < -0.39 is 0 Å². The highest BCUT2D eigenvalue weighted by atomic mass is 15.1. The number of rotatable bonds is 3. The van der Waals surface area contributed by atoms with Crippen LogP contribution < -0.4 is 0 Å². The molecule has 42 heavy (non-hydrogen) atoms. The van der Waals surface area contributed by atoms with Gasteiger partial charge in [-0.05, 0) is 65.6 Å². The molecule has 0 unspecified atom stereocenters. The highest BCUT2D eigenvalue weighted by molar-refractivity contribution is 6.10. The Kier molecular flexibility index (Phi) is 4.85. The third kappa shape index (κ3) is 3.29. The number of aryl methyl sites for hydroxylation is 1. The Morgan fingerprint density at radius 3 is 2.43 bits per heavy atom. The standard InChI is InChI=1S/C38H26N4/c1-41-37-33(19-17-26-21-24-9-2-3-12-29(24)36(26)37)40-38(41)27-16-18-31-30-13-4-5-15-34(30)42(35(31)23-27)28-11-8-10-25(22-28)32-14-6-7-20-39-32/h2-20,22-23H,21H2,1H3. The molecule has 0 fully saturated rings. The highest BCUT2D eigenvalue weighted by Crippen LogP contribution is 2.43. The van der Waals surface area contributed by atoms with Crippen LogP contribution in [0, 0.1) is 0 Å². The van der Waals surface area contributed by atoms with Crippen molar-refractivity contribution in [3.05, 3.63) is 139 Å². The second-order valence-electron chi connectivity index (χ2n) is 11.1. The van der Waals surface area contributed by atoms with Crippen LogP contribution in [0.3, 0.4) is 0 Å². The van der Waals surface area contributed by atoms with Crippen molar-refractivity contribution in [2.75, 3.05) is 0 Å². The zero-order valence-corrected chi connectivity index (χ0v) is 23.1. The number of pyridine rings is 1. The number of nitrogens with zero attached hydrogens (tertiary/aromatic N) is 4. The zero-order chi connectivity index (χ0) is 27.8. The molecular formula is C38H26N4. The van der Waals surface area contributed by atoms with Gasteiger partial charge in [0.25, 0.3) is 0 Å². The van der Waals surface area contributed by atoms with E-state index in [0.29, 0.717) is 0 Å². The molecule has 0 amide bonds. The molecule has 8 aromatic rings. The molecule has 0 N–H and O–H groups in total. The lowest BCUT2D eigenvalue weighted by atomic mass is 10.0. The van der Waals surface area contributed by atoms with Crippen molar-refractivity contribution >= 4 is 32.8 Å². The number of aromatic nitrogens is 4. The summed E-state index contributed by atoms with van der Waals surface area (Å²) in [6.07, 6.45) is 2.82. The first-order valence-electron chi connectivity index (χ1n) is 14.4. The third-order valence-electron chi connectivity index (χ3n) is 8.79. The van der Waals surface area contributed by atoms with Crippen LogP contribution in [0.1, 0.15) is 11.1 Å². The molecule has 4 heteroatoms. The van der Waals surface area contributed by atoms with E-state index in [4.69, 9.17) is 4.98 Å². The number of hydrogen-bond donors (Lipinski definition) is 0. The minimum atomic E-state index is 0.967. The predicted molar refractivity (Wildman–Crippen MR) is 172 cm³/mol. The van der Waals surface area contributed by atoms with E-state index in [1.807, 2.05) is 18.3 Å². The first-order valence-corrected chi connectivity index (χ1v) is 14.4. The first kappa shape index (κ1) is 23.2. The van der Waals surface area contributed by atoms with Crippen molar-refractivity contribution in [1.82, 2.24) is 19.1 Å². The monoisotopic (exact) mass is 538 g/mol. The van der Waals surface area contributed by atoms with Crippen LogP contribution in [0.15, 0.2) is 128 Å². The van der Waals surface area contributed by atoms with Crippen LogP contribution in [-0.4, -0.2) is 19.1 Å². The van der Waals surface area contributed by atoms with E-state index in [2.05, 4.69) is 130 Å². The first-order chi connectivity index (χ1) is 20.7. The molecular weight excluding hydrogens is 512 g/mol. The lowest BCUT2D eigenvalue weighted by Gasteiger charge is -2.11. The Balaban J connectivity index is 1.27. The quantitative estimate of drug-likeness (QED) is 0.225. The summed E-state index contributed by atoms with van der Waals surface area (Å²) in [7, 11) is 2.15. The van der Waals surface area contributed by atoms with Crippen LogP contribution in [0.5, 0.6) is 0 Å². The summed E-state index contributed by atoms with van der Waals surface area (Å²) in [4.78, 5) is 9.79. The Labute approximate surface area is 243 Å². The molecule has 0 radical (unpaired) electrons. The number of fused-ring (bicyclic) bond motifs is 8. The van der Waals surface area contributed by atoms with E-state index in [9.17, 15) is 0 Å². The zero-order valence-electron chi connectivity index (χ0n) is 23.1. The summed E-state index contributed by atoms with van der Waals surface area (Å²) >= 11 is 0. The van der Waals surface area contributed by atoms with Crippen LogP contribution in [0.2, 0.25) is 0 Å². The van der Waals surface area contributed by atoms with Gasteiger partial charge in [0.05, 0.1) is 27.8 Å². The summed E-state index contributed by atoms with van der Waals surface area (Å²) in [5, 5.41) is 2.47. The summed E-state index contributed by atoms with van der Waals surface area (Å²) in [5.74, 6) is 0.976. The lowest BCUT2D eigenvalue weighted by molar-refractivity contribution is 0.960. The number of imidazole rings is 1. The summed E-state index contributed by atoms with van der Waals surface area (Å²) in [5.41, 5.74) is 14.3. The number of benzene rings is 5. The van der Waals surface area contributed by atoms with Gasteiger partial charge in [-0.2, -0.15) is 0 Å². The van der Waals surface area contributed by atoms with Crippen molar-refractivity contribution in [3.8, 4) is 39.5 Å². The topological polar surface area (TPSA) is 35.6 Å². The van der Waals surface area contributed by atoms with Crippen LogP contribution >= 0.6 is 0 Å². The van der Waals surface area contributed by atoms with E-state index in [-0.39, 0.29) is 0 Å². The predicted octanol–water partition coefficient (Wildman–Crippen LogP) is 8.97. The normalized spacial score (nSPS) is 12.3. The molecule has 0 bridgehead atoms. The van der Waals surface area contributed by atoms with Gasteiger partial charge >= 0.3 is 0 Å². The van der Waals surface area contributed by atoms with Crippen molar-refractivity contribution in [2.24, 2.45) is 7.05 Å². The fourth-order valence-corrected chi connectivity index (χ4v) is 6.90. The Morgan fingerprint density at radius 1 is 0.643 bits per heavy atom. The maximum atomic E-state index is 5.20. The van der Waals surface area contributed by atoms with E-state index in [0.717, 1.165) is 45.8 Å². The van der Waals surface area contributed by atoms with Gasteiger partial charge in [-0.25, -0.2) is 4.98 Å². The van der Waals surface area contributed by atoms with Crippen molar-refractivity contribution < 1.29 is 0 Å². The lowest BCUT2D eigenvalue weighted by Crippen LogP contribution is -1.97. The maximum Gasteiger partial charge on any atom is 0.140 e. The average molecular weight is 539 g/mol. The Bertz CT molecular complexity index is 2340. The van der Waals surface area contributed by atoms with Gasteiger partial charge in [0.15, 0.2) is 0 Å². The van der Waals surface area contributed by atoms with Crippen LogP contribution in [0.4, 0.5) is 0 Å². The molecule has 0 aliphatic heterocycles. The second-order valence-corrected chi connectivity index (χ2v) is 11.1. The van der Waals surface area contributed by atoms with Crippen molar-refractivity contribution in [3.63, 3.8) is 0 Å². The molecule has 4 nitrogen and oxygen atoms in total. The minimum absolute atomic E-state index is 0.967. The van der Waals surface area contributed by atoms with Gasteiger partial charge < -0.3 is 9.13 Å². The SMILES string of the molecule is Cn1c(-c2ccc3c4ccccc4n(-c4cccc(-c5ccccn5)c4)c3c2)nc2ccc3c(c21)-c1ccccc1C3. The average Bonchev–Trinajstić information content (AvgIpc) is 3.70. The van der Waals surface area contributed by atoms with Gasteiger partial charge in [0.1, 0.15) is 5.82 Å². The molecule has 9 rings (SSSR count). The number of hydrogen-bond acceptors (Lipinski definition) is 2. The highest BCUT2D eigenvalue weighted by Gasteiger charge is 2.24. The van der Waals surface area contributed by atoms with E-state index >= 15 is 0 Å². The Hall–Kier alpha value is -5.48. The van der Waals surface area contributed by atoms with E-state index in [1.54, 1.807) is 0 Å². The van der Waals surface area contributed by atoms with Crippen molar-refractivity contribution in [2.45, 2.75) is 6.42 Å². The smallest absolute Gasteiger partial charge is 0.140 e. The number of para-hydroxylation sites is 1. The molecule has 0 saturated carbocycles. The van der Waals surface area contributed by atoms with Gasteiger partial charge in [0.2, 0.25) is 0 Å². The fourth-order valence-electron chi connectivity index (χ4n) is 6.90. The molecule has 0 saturated heterocycles. The molecule has 5 aromatic carbocycles. The summed E-state index contributed by atoms with van der Waals surface area (Å²) in [6.45, 7) is 0. The van der Waals surface area contributed by atoms with Crippen LogP contribution in [-0.2, 0) is 13.5 Å². The third-order valence-corrected chi connectivity index (χ3v) is 8.79. The van der Waals surface area contributed by atoms with Gasteiger partial charge in [-0.1, -0.05) is 78.9 Å². The van der Waals surface area contributed by atoms with E-state index in [1.165, 1.54) is 44.1 Å². The summed E-state index contributed by atoms with van der Waals surface area (Å²) in [6, 6.07) is 43.3. The molecule has 1 aliphatic rings. The maximum absolute atomic E-state index is 5.20.